The first-order valence-corrected chi connectivity index (χ1v) is 8.67. The Morgan fingerprint density at radius 3 is 2.86 bits per heavy atom. The van der Waals surface area contributed by atoms with Gasteiger partial charge in [0.1, 0.15) is 11.3 Å². The topological polar surface area (TPSA) is 54.8 Å². The molecule has 0 spiro atoms. The SMILES string of the molecule is c1cnc2c(c1)nc(C1CCNCC1)n2CC1CCCCN1. The molecule has 0 amide bonds. The summed E-state index contributed by atoms with van der Waals surface area (Å²) in [7, 11) is 0. The van der Waals surface area contributed by atoms with E-state index in [0.29, 0.717) is 12.0 Å². The second kappa shape index (κ2) is 6.34. The lowest BCUT2D eigenvalue weighted by molar-refractivity contribution is 0.352. The number of fused-ring (bicyclic) bond motifs is 1. The predicted octanol–water partition coefficient (Wildman–Crippen LogP) is 2.04. The fourth-order valence-corrected chi connectivity index (χ4v) is 3.85. The Balaban J connectivity index is 1.69. The molecule has 2 fully saturated rings. The zero-order chi connectivity index (χ0) is 14.8. The van der Waals surface area contributed by atoms with E-state index < -0.39 is 0 Å². The molecule has 0 radical (unpaired) electrons. The number of hydrogen-bond acceptors (Lipinski definition) is 4. The highest BCUT2D eigenvalue weighted by atomic mass is 15.2. The van der Waals surface area contributed by atoms with E-state index in [1.54, 1.807) is 0 Å². The highest BCUT2D eigenvalue weighted by Gasteiger charge is 2.24. The van der Waals surface area contributed by atoms with Crippen molar-refractivity contribution in [2.45, 2.75) is 50.6 Å². The van der Waals surface area contributed by atoms with Crippen molar-refractivity contribution in [3.63, 3.8) is 0 Å². The normalized spacial score (nSPS) is 23.9. The molecule has 2 aliphatic heterocycles. The van der Waals surface area contributed by atoms with Gasteiger partial charge in [0.25, 0.3) is 0 Å². The highest BCUT2D eigenvalue weighted by Crippen LogP contribution is 2.28. The Morgan fingerprint density at radius 1 is 1.14 bits per heavy atom. The lowest BCUT2D eigenvalue weighted by atomic mass is 9.97. The van der Waals surface area contributed by atoms with Crippen molar-refractivity contribution in [3.8, 4) is 0 Å². The summed E-state index contributed by atoms with van der Waals surface area (Å²) >= 11 is 0. The maximum absolute atomic E-state index is 4.95. The monoisotopic (exact) mass is 299 g/mol. The smallest absolute Gasteiger partial charge is 0.160 e. The molecular formula is C17H25N5. The first kappa shape index (κ1) is 14.2. The summed E-state index contributed by atoms with van der Waals surface area (Å²) in [6, 6.07) is 4.65. The first-order valence-electron chi connectivity index (χ1n) is 8.67. The molecular weight excluding hydrogens is 274 g/mol. The van der Waals surface area contributed by atoms with E-state index in [0.717, 1.165) is 37.3 Å². The van der Waals surface area contributed by atoms with Crippen LogP contribution in [0.5, 0.6) is 0 Å². The van der Waals surface area contributed by atoms with Crippen LogP contribution in [-0.4, -0.2) is 40.2 Å². The van der Waals surface area contributed by atoms with Crippen LogP contribution in [0.15, 0.2) is 18.3 Å². The number of nitrogens with one attached hydrogen (secondary N) is 2. The summed E-state index contributed by atoms with van der Waals surface area (Å²) in [6.45, 7) is 4.35. The van der Waals surface area contributed by atoms with Gasteiger partial charge in [0, 0.05) is 24.7 Å². The van der Waals surface area contributed by atoms with E-state index >= 15 is 0 Å². The Bertz CT molecular complexity index is 623. The minimum atomic E-state index is 0.564. The molecule has 4 rings (SSSR count). The van der Waals surface area contributed by atoms with Gasteiger partial charge in [0.15, 0.2) is 5.65 Å². The molecule has 0 bridgehead atoms. The Hall–Kier alpha value is -1.46. The van der Waals surface area contributed by atoms with Crippen LogP contribution in [0.2, 0.25) is 0 Å². The number of imidazole rings is 1. The molecule has 22 heavy (non-hydrogen) atoms. The summed E-state index contributed by atoms with van der Waals surface area (Å²) in [5, 5.41) is 7.12. The van der Waals surface area contributed by atoms with Crippen molar-refractivity contribution in [2.24, 2.45) is 0 Å². The molecule has 2 aliphatic rings. The second-order valence-electron chi connectivity index (χ2n) is 6.60. The van der Waals surface area contributed by atoms with E-state index in [9.17, 15) is 0 Å². The molecule has 0 aromatic carbocycles. The van der Waals surface area contributed by atoms with E-state index in [-0.39, 0.29) is 0 Å². The molecule has 0 saturated carbocycles. The summed E-state index contributed by atoms with van der Waals surface area (Å²) in [5.74, 6) is 1.82. The van der Waals surface area contributed by atoms with Gasteiger partial charge in [-0.05, 0) is 57.5 Å². The molecule has 118 valence electrons. The molecule has 1 unspecified atom stereocenters. The molecule has 2 saturated heterocycles. The molecule has 2 N–H and O–H groups in total. The molecule has 0 aliphatic carbocycles. The number of rotatable bonds is 3. The van der Waals surface area contributed by atoms with Crippen molar-refractivity contribution in [1.82, 2.24) is 25.2 Å². The van der Waals surface area contributed by atoms with Crippen LogP contribution in [0.25, 0.3) is 11.2 Å². The zero-order valence-electron chi connectivity index (χ0n) is 13.1. The number of pyridine rings is 1. The Morgan fingerprint density at radius 2 is 2.05 bits per heavy atom. The minimum Gasteiger partial charge on any atom is -0.317 e. The third kappa shape index (κ3) is 2.75. The van der Waals surface area contributed by atoms with Crippen LogP contribution in [0.4, 0.5) is 0 Å². The van der Waals surface area contributed by atoms with E-state index in [1.165, 1.54) is 37.9 Å². The van der Waals surface area contributed by atoms with E-state index in [2.05, 4.69) is 26.3 Å². The molecule has 4 heterocycles. The van der Waals surface area contributed by atoms with Crippen molar-refractivity contribution < 1.29 is 0 Å². The largest absolute Gasteiger partial charge is 0.317 e. The third-order valence-corrected chi connectivity index (χ3v) is 5.05. The van der Waals surface area contributed by atoms with Crippen molar-refractivity contribution >= 4 is 11.2 Å². The fraction of sp³-hybridized carbons (Fsp3) is 0.647. The number of nitrogens with zero attached hydrogens (tertiary/aromatic N) is 3. The Labute approximate surface area is 131 Å². The van der Waals surface area contributed by atoms with Crippen LogP contribution < -0.4 is 10.6 Å². The molecule has 2 aromatic heterocycles. The van der Waals surface area contributed by atoms with Crippen molar-refractivity contribution in [1.29, 1.82) is 0 Å². The summed E-state index contributed by atoms with van der Waals surface area (Å²) in [5.41, 5.74) is 2.11. The van der Waals surface area contributed by atoms with Crippen LogP contribution in [0.3, 0.4) is 0 Å². The van der Waals surface area contributed by atoms with Gasteiger partial charge in [-0.1, -0.05) is 6.42 Å². The van der Waals surface area contributed by atoms with Gasteiger partial charge in [0.2, 0.25) is 0 Å². The first-order chi connectivity index (χ1) is 10.9. The number of aromatic nitrogens is 3. The van der Waals surface area contributed by atoms with Gasteiger partial charge in [-0.15, -0.1) is 0 Å². The van der Waals surface area contributed by atoms with Crippen molar-refractivity contribution in [2.75, 3.05) is 19.6 Å². The molecule has 5 heteroatoms. The quantitative estimate of drug-likeness (QED) is 0.911. The Kier molecular flexibility index (Phi) is 4.08. The van der Waals surface area contributed by atoms with Gasteiger partial charge < -0.3 is 15.2 Å². The van der Waals surface area contributed by atoms with Gasteiger partial charge in [-0.2, -0.15) is 0 Å². The third-order valence-electron chi connectivity index (χ3n) is 5.05. The van der Waals surface area contributed by atoms with E-state index in [1.807, 2.05) is 12.3 Å². The molecule has 5 nitrogen and oxygen atoms in total. The van der Waals surface area contributed by atoms with Crippen LogP contribution in [-0.2, 0) is 6.54 Å². The van der Waals surface area contributed by atoms with Gasteiger partial charge in [-0.3, -0.25) is 0 Å². The van der Waals surface area contributed by atoms with Crippen LogP contribution in [0, 0.1) is 0 Å². The van der Waals surface area contributed by atoms with Gasteiger partial charge in [-0.25, -0.2) is 9.97 Å². The predicted molar refractivity (Wildman–Crippen MR) is 88.0 cm³/mol. The van der Waals surface area contributed by atoms with Gasteiger partial charge >= 0.3 is 0 Å². The summed E-state index contributed by atoms with van der Waals surface area (Å²) in [4.78, 5) is 9.57. The average Bonchev–Trinajstić information content (AvgIpc) is 2.95. The van der Waals surface area contributed by atoms with Gasteiger partial charge in [0.05, 0.1) is 0 Å². The average molecular weight is 299 g/mol. The zero-order valence-corrected chi connectivity index (χ0v) is 13.1. The highest BCUT2D eigenvalue weighted by molar-refractivity contribution is 5.71. The number of piperidine rings is 2. The van der Waals surface area contributed by atoms with Crippen LogP contribution in [0.1, 0.15) is 43.8 Å². The number of hydrogen-bond donors (Lipinski definition) is 2. The fourth-order valence-electron chi connectivity index (χ4n) is 3.85. The van der Waals surface area contributed by atoms with Crippen LogP contribution >= 0.6 is 0 Å². The molecule has 1 atom stereocenters. The standard InChI is InChI=1S/C17H25N5/c1-2-8-19-14(4-1)12-22-16(13-6-10-18-11-7-13)21-15-5-3-9-20-17(15)22/h3,5,9,13-14,18-19H,1-2,4,6-8,10-12H2. The lowest BCUT2D eigenvalue weighted by Crippen LogP contribution is -2.38. The summed E-state index contributed by atoms with van der Waals surface area (Å²) in [6.07, 6.45) is 8.16. The maximum atomic E-state index is 4.95. The summed E-state index contributed by atoms with van der Waals surface area (Å²) < 4.78 is 2.40. The maximum Gasteiger partial charge on any atom is 0.160 e. The van der Waals surface area contributed by atoms with Crippen molar-refractivity contribution in [3.05, 3.63) is 24.2 Å². The lowest BCUT2D eigenvalue weighted by Gasteiger charge is -2.27. The minimum absolute atomic E-state index is 0.564. The molecule has 2 aromatic rings. The van der Waals surface area contributed by atoms with E-state index in [4.69, 9.17) is 4.98 Å². The second-order valence-corrected chi connectivity index (χ2v) is 6.60.